The van der Waals surface area contributed by atoms with E-state index in [-0.39, 0.29) is 34.6 Å². The molecule has 2 aromatic rings. The highest BCUT2D eigenvalue weighted by Gasteiger charge is 2.14. The van der Waals surface area contributed by atoms with Gasteiger partial charge in [0.2, 0.25) is 0 Å². The second-order valence-corrected chi connectivity index (χ2v) is 3.56. The Hall–Kier alpha value is -1.24. The van der Waals surface area contributed by atoms with Crippen molar-refractivity contribution in [1.29, 1.82) is 0 Å². The van der Waals surface area contributed by atoms with Gasteiger partial charge in [0, 0.05) is 19.1 Å². The van der Waals surface area contributed by atoms with Crippen molar-refractivity contribution in [2.75, 3.05) is 0 Å². The molecule has 0 aliphatic rings. The van der Waals surface area contributed by atoms with Crippen LogP contribution in [0, 0.1) is 17.0 Å². The van der Waals surface area contributed by atoms with Crippen molar-refractivity contribution in [3.05, 3.63) is 46.3 Å². The number of non-ortho nitro benzene ring substituents is 1. The summed E-state index contributed by atoms with van der Waals surface area (Å²) in [6, 6.07) is 6.95. The van der Waals surface area contributed by atoms with Crippen LogP contribution in [0.2, 0.25) is 0 Å². The fourth-order valence-electron chi connectivity index (χ4n) is 1.62. The summed E-state index contributed by atoms with van der Waals surface area (Å²) in [4.78, 5) is 10.5. The van der Waals surface area contributed by atoms with Gasteiger partial charge in [-0.3, -0.25) is 10.1 Å². The number of aromatic nitrogens is 1. The number of fused-ring (bicyclic) bond motifs is 1. The number of aryl methyl sites for hydroxylation is 2. The molecular weight excluding hydrogens is 319 g/mol. The first-order valence-electron chi connectivity index (χ1n) is 4.63. The van der Waals surface area contributed by atoms with Crippen molar-refractivity contribution in [1.82, 2.24) is 0 Å². The normalized spacial score (nSPS) is 9.88. The number of halogens is 1. The Morgan fingerprint density at radius 3 is 2.69 bits per heavy atom. The first kappa shape index (κ1) is 12.8. The van der Waals surface area contributed by atoms with Gasteiger partial charge in [-0.05, 0) is 6.07 Å². The van der Waals surface area contributed by atoms with E-state index in [0.717, 1.165) is 11.1 Å². The van der Waals surface area contributed by atoms with Crippen LogP contribution in [0.1, 0.15) is 5.69 Å². The molecule has 4 nitrogen and oxygen atoms in total. The van der Waals surface area contributed by atoms with Crippen molar-refractivity contribution in [3.8, 4) is 0 Å². The fourth-order valence-corrected chi connectivity index (χ4v) is 1.62. The summed E-state index contributed by atoms with van der Waals surface area (Å²) in [6.07, 6.45) is 1.90. The number of hydrogen-bond donors (Lipinski definition) is 0. The third-order valence-electron chi connectivity index (χ3n) is 2.56. The maximum atomic E-state index is 10.8. The van der Waals surface area contributed by atoms with E-state index in [0.29, 0.717) is 5.39 Å². The Labute approximate surface area is 110 Å². The van der Waals surface area contributed by atoms with Crippen LogP contribution >= 0.6 is 0 Å². The SMILES string of the molecule is Cc1cc2c([N+](=O)[O-])cccc2c[n+]1C.[I-]. The van der Waals surface area contributed by atoms with Crippen molar-refractivity contribution in [2.45, 2.75) is 6.92 Å². The second kappa shape index (κ2) is 4.73. The molecule has 1 aromatic carbocycles. The van der Waals surface area contributed by atoms with Gasteiger partial charge >= 0.3 is 0 Å². The first-order chi connectivity index (χ1) is 7.09. The molecular formula is C11H11IN2O2. The molecule has 0 aliphatic heterocycles. The molecule has 0 bridgehead atoms. The van der Waals surface area contributed by atoms with Crippen LogP contribution < -0.4 is 28.5 Å². The molecule has 0 N–H and O–H groups in total. The van der Waals surface area contributed by atoms with Gasteiger partial charge in [-0.25, -0.2) is 4.57 Å². The number of benzene rings is 1. The molecule has 84 valence electrons. The molecule has 1 heterocycles. The zero-order valence-corrected chi connectivity index (χ0v) is 11.1. The molecule has 0 saturated heterocycles. The third kappa shape index (κ3) is 2.13. The summed E-state index contributed by atoms with van der Waals surface area (Å²) in [5.74, 6) is 0. The molecule has 0 saturated carbocycles. The van der Waals surface area contributed by atoms with Gasteiger partial charge in [0.05, 0.1) is 15.7 Å². The minimum atomic E-state index is -0.345. The minimum Gasteiger partial charge on any atom is -1.00 e. The van der Waals surface area contributed by atoms with Gasteiger partial charge in [0.25, 0.3) is 5.69 Å². The number of hydrogen-bond acceptors (Lipinski definition) is 2. The van der Waals surface area contributed by atoms with E-state index < -0.39 is 0 Å². The number of nitro groups is 1. The average molecular weight is 330 g/mol. The van der Waals surface area contributed by atoms with Crippen molar-refractivity contribution in [2.24, 2.45) is 7.05 Å². The topological polar surface area (TPSA) is 47.0 Å². The van der Waals surface area contributed by atoms with E-state index in [1.807, 2.05) is 36.9 Å². The van der Waals surface area contributed by atoms with Crippen molar-refractivity contribution < 1.29 is 33.5 Å². The largest absolute Gasteiger partial charge is 1.00 e. The summed E-state index contributed by atoms with van der Waals surface area (Å²) < 4.78 is 1.95. The molecule has 0 atom stereocenters. The van der Waals surface area contributed by atoms with E-state index in [9.17, 15) is 10.1 Å². The van der Waals surface area contributed by atoms with Crippen LogP contribution in [0.4, 0.5) is 5.69 Å². The van der Waals surface area contributed by atoms with Gasteiger partial charge in [0.1, 0.15) is 7.05 Å². The zero-order chi connectivity index (χ0) is 11.0. The Bertz CT molecular complexity index is 555. The van der Waals surface area contributed by atoms with Gasteiger partial charge in [-0.15, -0.1) is 0 Å². The summed E-state index contributed by atoms with van der Waals surface area (Å²) >= 11 is 0. The minimum absolute atomic E-state index is 0. The van der Waals surface area contributed by atoms with Gasteiger partial charge in [-0.1, -0.05) is 6.07 Å². The van der Waals surface area contributed by atoms with E-state index >= 15 is 0 Å². The molecule has 0 aliphatic carbocycles. The highest BCUT2D eigenvalue weighted by Crippen LogP contribution is 2.24. The van der Waals surface area contributed by atoms with Gasteiger partial charge < -0.3 is 24.0 Å². The number of rotatable bonds is 1. The molecule has 1 aromatic heterocycles. The lowest BCUT2D eigenvalue weighted by atomic mass is 10.1. The van der Waals surface area contributed by atoms with Crippen molar-refractivity contribution >= 4 is 16.5 Å². The third-order valence-corrected chi connectivity index (χ3v) is 2.56. The second-order valence-electron chi connectivity index (χ2n) is 3.56. The monoisotopic (exact) mass is 330 g/mol. The van der Waals surface area contributed by atoms with Crippen LogP contribution in [0.15, 0.2) is 30.5 Å². The number of pyridine rings is 1. The molecule has 0 spiro atoms. The molecule has 5 heteroatoms. The summed E-state index contributed by atoms with van der Waals surface area (Å²) in [7, 11) is 1.92. The van der Waals surface area contributed by atoms with Crippen LogP contribution in [-0.2, 0) is 7.05 Å². The summed E-state index contributed by atoms with van der Waals surface area (Å²) in [5.41, 5.74) is 1.16. The summed E-state index contributed by atoms with van der Waals surface area (Å²) in [6.45, 7) is 1.93. The predicted octanol–water partition coefficient (Wildman–Crippen LogP) is -1.12. The predicted molar refractivity (Wildman–Crippen MR) is 56.5 cm³/mol. The van der Waals surface area contributed by atoms with Crippen LogP contribution in [0.5, 0.6) is 0 Å². The maximum Gasteiger partial charge on any atom is 0.277 e. The first-order valence-corrected chi connectivity index (χ1v) is 4.63. The van der Waals surface area contributed by atoms with Gasteiger partial charge in [0.15, 0.2) is 11.9 Å². The van der Waals surface area contributed by atoms with E-state index in [1.165, 1.54) is 6.07 Å². The van der Waals surface area contributed by atoms with E-state index in [4.69, 9.17) is 0 Å². The Balaban J connectivity index is 0.00000128. The zero-order valence-electron chi connectivity index (χ0n) is 8.98. The number of nitrogens with zero attached hydrogens (tertiary/aromatic N) is 2. The Morgan fingerprint density at radius 2 is 2.06 bits per heavy atom. The lowest BCUT2D eigenvalue weighted by molar-refractivity contribution is -0.676. The molecule has 2 rings (SSSR count). The van der Waals surface area contributed by atoms with E-state index in [2.05, 4.69) is 0 Å². The van der Waals surface area contributed by atoms with Crippen molar-refractivity contribution in [3.63, 3.8) is 0 Å². The molecule has 0 unspecified atom stereocenters. The smallest absolute Gasteiger partial charge is 0.277 e. The van der Waals surface area contributed by atoms with Gasteiger partial charge in [-0.2, -0.15) is 0 Å². The number of nitro benzene ring substituents is 1. The van der Waals surface area contributed by atoms with Crippen LogP contribution in [0.25, 0.3) is 10.8 Å². The molecule has 16 heavy (non-hydrogen) atoms. The summed E-state index contributed by atoms with van der Waals surface area (Å²) in [5, 5.41) is 12.4. The standard InChI is InChI=1S/C11H11N2O2.HI/c1-8-6-10-9(7-12(8)2)4-3-5-11(10)13(14)15;/h3-7H,1-2H3;1H/q+1;/p-1. The van der Waals surface area contributed by atoms with E-state index in [1.54, 1.807) is 6.07 Å². The maximum absolute atomic E-state index is 10.8. The Kier molecular flexibility index (Phi) is 3.79. The quantitative estimate of drug-likeness (QED) is 0.288. The van der Waals surface area contributed by atoms with Crippen LogP contribution in [0.3, 0.4) is 0 Å². The van der Waals surface area contributed by atoms with Crippen LogP contribution in [-0.4, -0.2) is 4.92 Å². The average Bonchev–Trinajstić information content (AvgIpc) is 2.18. The highest BCUT2D eigenvalue weighted by atomic mass is 127. The molecule has 0 amide bonds. The lowest BCUT2D eigenvalue weighted by Gasteiger charge is -1.99. The molecule has 0 fully saturated rings. The lowest BCUT2D eigenvalue weighted by Crippen LogP contribution is -3.00. The highest BCUT2D eigenvalue weighted by molar-refractivity contribution is 5.89. The Morgan fingerprint density at radius 1 is 1.38 bits per heavy atom. The molecule has 0 radical (unpaired) electrons. The fraction of sp³-hybridized carbons (Fsp3) is 0.182.